The second-order valence-corrected chi connectivity index (χ2v) is 5.21. The highest BCUT2D eigenvalue weighted by Crippen LogP contribution is 2.17. The van der Waals surface area contributed by atoms with E-state index in [2.05, 4.69) is 33.7 Å². The number of methoxy groups -OCH3 is 1. The SMILES string of the molecule is CCNC(=NCc1cnn(C)c1)NCCc1ccccc1OC. The molecule has 0 fully saturated rings. The van der Waals surface area contributed by atoms with Gasteiger partial charge in [0, 0.05) is 31.9 Å². The second-order valence-electron chi connectivity index (χ2n) is 5.21. The van der Waals surface area contributed by atoms with Gasteiger partial charge in [-0.2, -0.15) is 5.10 Å². The zero-order valence-electron chi connectivity index (χ0n) is 14.0. The number of aryl methyl sites for hydroxylation is 1. The van der Waals surface area contributed by atoms with Gasteiger partial charge in [0.25, 0.3) is 0 Å². The Morgan fingerprint density at radius 3 is 2.83 bits per heavy atom. The topological polar surface area (TPSA) is 63.5 Å². The van der Waals surface area contributed by atoms with E-state index in [4.69, 9.17) is 4.74 Å². The van der Waals surface area contributed by atoms with Crippen LogP contribution in [0.1, 0.15) is 18.1 Å². The lowest BCUT2D eigenvalue weighted by atomic mass is 10.1. The van der Waals surface area contributed by atoms with Crippen LogP contribution in [0.3, 0.4) is 0 Å². The first-order valence-corrected chi connectivity index (χ1v) is 7.84. The van der Waals surface area contributed by atoms with E-state index in [1.165, 1.54) is 5.56 Å². The number of guanidine groups is 1. The van der Waals surface area contributed by atoms with Crippen molar-refractivity contribution in [2.24, 2.45) is 12.0 Å². The summed E-state index contributed by atoms with van der Waals surface area (Å²) in [5.74, 6) is 1.73. The maximum Gasteiger partial charge on any atom is 0.191 e. The van der Waals surface area contributed by atoms with Crippen LogP contribution in [0.4, 0.5) is 0 Å². The molecule has 0 bridgehead atoms. The smallest absolute Gasteiger partial charge is 0.191 e. The van der Waals surface area contributed by atoms with Crippen molar-refractivity contribution in [1.82, 2.24) is 20.4 Å². The number of para-hydroxylation sites is 1. The van der Waals surface area contributed by atoms with E-state index in [1.54, 1.807) is 11.8 Å². The minimum atomic E-state index is 0.609. The maximum absolute atomic E-state index is 5.38. The number of nitrogens with one attached hydrogen (secondary N) is 2. The van der Waals surface area contributed by atoms with Gasteiger partial charge >= 0.3 is 0 Å². The number of nitrogens with zero attached hydrogens (tertiary/aromatic N) is 3. The van der Waals surface area contributed by atoms with Crippen LogP contribution in [0, 0.1) is 0 Å². The molecule has 0 saturated carbocycles. The summed E-state index contributed by atoms with van der Waals surface area (Å²) in [5.41, 5.74) is 2.28. The Morgan fingerprint density at radius 2 is 2.13 bits per heavy atom. The molecule has 6 nitrogen and oxygen atoms in total. The number of aliphatic imine (C=N–C) groups is 1. The zero-order chi connectivity index (χ0) is 16.5. The van der Waals surface area contributed by atoms with Crippen molar-refractivity contribution in [3.05, 3.63) is 47.8 Å². The van der Waals surface area contributed by atoms with Crippen LogP contribution >= 0.6 is 0 Å². The molecule has 0 aliphatic rings. The van der Waals surface area contributed by atoms with E-state index in [0.29, 0.717) is 6.54 Å². The molecule has 0 saturated heterocycles. The van der Waals surface area contributed by atoms with Gasteiger partial charge in [-0.3, -0.25) is 4.68 Å². The first-order valence-electron chi connectivity index (χ1n) is 7.84. The Hall–Kier alpha value is -2.50. The molecule has 23 heavy (non-hydrogen) atoms. The molecule has 6 heteroatoms. The van der Waals surface area contributed by atoms with E-state index in [-0.39, 0.29) is 0 Å². The summed E-state index contributed by atoms with van der Waals surface area (Å²) in [6.07, 6.45) is 4.69. The molecule has 124 valence electrons. The Balaban J connectivity index is 1.89. The molecule has 0 atom stereocenters. The summed E-state index contributed by atoms with van der Waals surface area (Å²) in [6, 6.07) is 8.08. The fraction of sp³-hybridized carbons (Fsp3) is 0.412. The molecule has 1 heterocycles. The van der Waals surface area contributed by atoms with Gasteiger partial charge in [-0.15, -0.1) is 0 Å². The average Bonchev–Trinajstić information content (AvgIpc) is 2.98. The van der Waals surface area contributed by atoms with Gasteiger partial charge < -0.3 is 15.4 Å². The van der Waals surface area contributed by atoms with E-state index >= 15 is 0 Å². The quantitative estimate of drug-likeness (QED) is 0.603. The molecule has 2 rings (SSSR count). The van der Waals surface area contributed by atoms with Crippen molar-refractivity contribution in [3.8, 4) is 5.75 Å². The predicted octanol–water partition coefficient (Wildman–Crippen LogP) is 1.73. The predicted molar refractivity (Wildman–Crippen MR) is 92.7 cm³/mol. The molecule has 1 aromatic carbocycles. The molecule has 0 spiro atoms. The van der Waals surface area contributed by atoms with Crippen molar-refractivity contribution in [2.75, 3.05) is 20.2 Å². The van der Waals surface area contributed by atoms with Gasteiger partial charge in [0.2, 0.25) is 0 Å². The molecule has 0 radical (unpaired) electrons. The summed E-state index contributed by atoms with van der Waals surface area (Å²) in [6.45, 7) is 4.28. The summed E-state index contributed by atoms with van der Waals surface area (Å²) in [7, 11) is 3.61. The van der Waals surface area contributed by atoms with Crippen LogP contribution < -0.4 is 15.4 Å². The lowest BCUT2D eigenvalue weighted by molar-refractivity contribution is 0.409. The average molecular weight is 315 g/mol. The molecular weight excluding hydrogens is 290 g/mol. The second kappa shape index (κ2) is 8.82. The Bertz CT molecular complexity index is 635. The van der Waals surface area contributed by atoms with Gasteiger partial charge in [0.15, 0.2) is 5.96 Å². The minimum absolute atomic E-state index is 0.609. The van der Waals surface area contributed by atoms with Crippen molar-refractivity contribution in [3.63, 3.8) is 0 Å². The molecule has 0 amide bonds. The maximum atomic E-state index is 5.38. The third kappa shape index (κ3) is 5.32. The standard InChI is InChI=1S/C17H25N5O/c1-4-18-17(20-11-14-12-21-22(2)13-14)19-10-9-15-7-5-6-8-16(15)23-3/h5-8,12-13H,4,9-11H2,1-3H3,(H2,18,19,20). The normalized spacial score (nSPS) is 11.3. The van der Waals surface area contributed by atoms with Gasteiger partial charge in [0.05, 0.1) is 19.9 Å². The molecular formula is C17H25N5O. The Morgan fingerprint density at radius 1 is 1.30 bits per heavy atom. The van der Waals surface area contributed by atoms with E-state index in [0.717, 1.165) is 36.8 Å². The van der Waals surface area contributed by atoms with Crippen molar-refractivity contribution in [1.29, 1.82) is 0 Å². The van der Waals surface area contributed by atoms with Crippen molar-refractivity contribution >= 4 is 5.96 Å². The number of ether oxygens (including phenoxy) is 1. The molecule has 0 aliphatic carbocycles. The fourth-order valence-electron chi connectivity index (χ4n) is 2.29. The van der Waals surface area contributed by atoms with Crippen LogP contribution in [0.2, 0.25) is 0 Å². The van der Waals surface area contributed by atoms with E-state index in [9.17, 15) is 0 Å². The molecule has 0 aliphatic heterocycles. The number of hydrogen-bond acceptors (Lipinski definition) is 3. The minimum Gasteiger partial charge on any atom is -0.496 e. The third-order valence-corrected chi connectivity index (χ3v) is 3.40. The molecule has 0 unspecified atom stereocenters. The lowest BCUT2D eigenvalue weighted by Gasteiger charge is -2.12. The van der Waals surface area contributed by atoms with Crippen molar-refractivity contribution in [2.45, 2.75) is 19.9 Å². The Kier molecular flexibility index (Phi) is 6.47. The largest absolute Gasteiger partial charge is 0.496 e. The van der Waals surface area contributed by atoms with Crippen LogP contribution in [0.25, 0.3) is 0 Å². The van der Waals surface area contributed by atoms with Crippen LogP contribution in [0.15, 0.2) is 41.7 Å². The number of hydrogen-bond donors (Lipinski definition) is 2. The first kappa shape index (κ1) is 16.9. The molecule has 1 aromatic heterocycles. The van der Waals surface area contributed by atoms with Crippen LogP contribution in [-0.2, 0) is 20.0 Å². The van der Waals surface area contributed by atoms with Gasteiger partial charge in [0.1, 0.15) is 5.75 Å². The van der Waals surface area contributed by atoms with Crippen LogP contribution in [-0.4, -0.2) is 35.9 Å². The lowest BCUT2D eigenvalue weighted by Crippen LogP contribution is -2.38. The fourth-order valence-corrected chi connectivity index (χ4v) is 2.29. The zero-order valence-corrected chi connectivity index (χ0v) is 14.0. The highest BCUT2D eigenvalue weighted by molar-refractivity contribution is 5.79. The number of aromatic nitrogens is 2. The summed E-state index contributed by atoms with van der Waals surface area (Å²) >= 11 is 0. The summed E-state index contributed by atoms with van der Waals surface area (Å²) in [4.78, 5) is 4.58. The van der Waals surface area contributed by atoms with Crippen LogP contribution in [0.5, 0.6) is 5.75 Å². The van der Waals surface area contributed by atoms with Crippen molar-refractivity contribution < 1.29 is 4.74 Å². The number of benzene rings is 1. The third-order valence-electron chi connectivity index (χ3n) is 3.40. The molecule has 2 N–H and O–H groups in total. The van der Waals surface area contributed by atoms with Gasteiger partial charge in [-0.1, -0.05) is 18.2 Å². The Labute approximate surface area is 137 Å². The first-order chi connectivity index (χ1) is 11.2. The summed E-state index contributed by atoms with van der Waals surface area (Å²) in [5, 5.41) is 10.8. The molecule has 2 aromatic rings. The van der Waals surface area contributed by atoms with Gasteiger partial charge in [-0.25, -0.2) is 4.99 Å². The highest BCUT2D eigenvalue weighted by Gasteiger charge is 2.03. The van der Waals surface area contributed by atoms with E-state index < -0.39 is 0 Å². The van der Waals surface area contributed by atoms with Gasteiger partial charge in [-0.05, 0) is 25.0 Å². The monoisotopic (exact) mass is 315 g/mol. The highest BCUT2D eigenvalue weighted by atomic mass is 16.5. The summed E-state index contributed by atoms with van der Waals surface area (Å²) < 4.78 is 7.16. The van der Waals surface area contributed by atoms with E-state index in [1.807, 2.05) is 37.6 Å². The number of rotatable bonds is 7.